The molecule has 0 bridgehead atoms. The summed E-state index contributed by atoms with van der Waals surface area (Å²) in [4.78, 5) is 11.9. The second-order valence-corrected chi connectivity index (χ2v) is 5.00. The van der Waals surface area contributed by atoms with Crippen molar-refractivity contribution in [2.75, 3.05) is 18.9 Å². The van der Waals surface area contributed by atoms with Gasteiger partial charge in [-0.1, -0.05) is 5.92 Å². The molecule has 8 nitrogen and oxygen atoms in total. The molecule has 3 heterocycles. The van der Waals surface area contributed by atoms with Crippen LogP contribution in [-0.2, 0) is 4.74 Å². The third kappa shape index (κ3) is 1.93. The number of hydrogen-bond donors (Lipinski definition) is 3. The average Bonchev–Trinajstić information content (AvgIpc) is 3.05. The quantitative estimate of drug-likeness (QED) is 0.638. The van der Waals surface area contributed by atoms with E-state index >= 15 is 4.39 Å². The first-order chi connectivity index (χ1) is 10.5. The largest absolute Gasteiger partial charge is 0.396 e. The lowest BCUT2D eigenvalue weighted by atomic mass is 9.87. The third-order valence-electron chi connectivity index (χ3n) is 3.84. The number of aromatic nitrogens is 4. The minimum Gasteiger partial charge on any atom is -0.396 e. The second kappa shape index (κ2) is 5.17. The zero-order valence-electron chi connectivity index (χ0n) is 11.4. The summed E-state index contributed by atoms with van der Waals surface area (Å²) in [6.45, 7) is -1.04. The van der Waals surface area contributed by atoms with Gasteiger partial charge in [0, 0.05) is 0 Å². The SMILES string of the molecule is C#CC1(F)C(CO)[C@@H](CO)O[C@H]1n1cnc2cnc(N)nc21. The molecule has 4 N–H and O–H groups in total. The van der Waals surface area contributed by atoms with Crippen molar-refractivity contribution in [3.8, 4) is 12.3 Å². The number of fused-ring (bicyclic) bond motifs is 1. The van der Waals surface area contributed by atoms with Gasteiger partial charge in [0.1, 0.15) is 5.52 Å². The van der Waals surface area contributed by atoms with Gasteiger partial charge in [-0.05, 0) is 0 Å². The van der Waals surface area contributed by atoms with Gasteiger partial charge in [0.15, 0.2) is 11.9 Å². The Labute approximate surface area is 124 Å². The number of aliphatic hydroxyl groups is 2. The van der Waals surface area contributed by atoms with Crippen molar-refractivity contribution in [2.45, 2.75) is 18.0 Å². The Kier molecular flexibility index (Phi) is 3.44. The molecular weight excluding hydrogens is 293 g/mol. The van der Waals surface area contributed by atoms with Crippen molar-refractivity contribution in [3.63, 3.8) is 0 Å². The van der Waals surface area contributed by atoms with Crippen LogP contribution in [0, 0.1) is 18.3 Å². The van der Waals surface area contributed by atoms with Gasteiger partial charge in [0.25, 0.3) is 0 Å². The normalized spacial score (nSPS) is 31.5. The van der Waals surface area contributed by atoms with Crippen molar-refractivity contribution in [3.05, 3.63) is 12.5 Å². The number of anilines is 1. The molecular formula is C13H14FN5O3. The topological polar surface area (TPSA) is 119 Å². The summed E-state index contributed by atoms with van der Waals surface area (Å²) >= 11 is 0. The van der Waals surface area contributed by atoms with E-state index in [-0.39, 0.29) is 11.6 Å². The van der Waals surface area contributed by atoms with Gasteiger partial charge >= 0.3 is 0 Å². The highest BCUT2D eigenvalue weighted by Crippen LogP contribution is 2.45. The zero-order chi connectivity index (χ0) is 15.9. The summed E-state index contributed by atoms with van der Waals surface area (Å²) in [6.07, 6.45) is 5.81. The minimum atomic E-state index is -2.32. The van der Waals surface area contributed by atoms with Crippen LogP contribution in [-0.4, -0.2) is 54.7 Å². The molecule has 4 atom stereocenters. The van der Waals surface area contributed by atoms with Crippen molar-refractivity contribution in [1.82, 2.24) is 19.5 Å². The second-order valence-electron chi connectivity index (χ2n) is 5.00. The predicted molar refractivity (Wildman–Crippen MR) is 74.0 cm³/mol. The van der Waals surface area contributed by atoms with E-state index in [0.29, 0.717) is 5.52 Å². The summed E-state index contributed by atoms with van der Waals surface area (Å²) in [5.41, 5.74) is 3.86. The number of rotatable bonds is 3. The summed E-state index contributed by atoms with van der Waals surface area (Å²) < 4.78 is 22.0. The van der Waals surface area contributed by atoms with E-state index in [0.717, 1.165) is 0 Å². The molecule has 1 saturated heterocycles. The Morgan fingerprint density at radius 3 is 2.86 bits per heavy atom. The van der Waals surface area contributed by atoms with E-state index < -0.39 is 37.1 Å². The van der Waals surface area contributed by atoms with E-state index in [4.69, 9.17) is 16.9 Å². The van der Waals surface area contributed by atoms with E-state index in [2.05, 4.69) is 15.0 Å². The van der Waals surface area contributed by atoms with E-state index in [1.807, 2.05) is 5.92 Å². The van der Waals surface area contributed by atoms with Crippen LogP contribution in [0.2, 0.25) is 0 Å². The molecule has 0 saturated carbocycles. The third-order valence-corrected chi connectivity index (χ3v) is 3.84. The smallest absolute Gasteiger partial charge is 0.222 e. The van der Waals surface area contributed by atoms with Crippen LogP contribution in [0.4, 0.5) is 10.3 Å². The maximum absolute atomic E-state index is 15.2. The molecule has 1 fully saturated rings. The van der Waals surface area contributed by atoms with Gasteiger partial charge in [-0.15, -0.1) is 6.42 Å². The molecule has 0 amide bonds. The number of hydrogen-bond acceptors (Lipinski definition) is 7. The fourth-order valence-electron chi connectivity index (χ4n) is 2.69. The highest BCUT2D eigenvalue weighted by molar-refractivity contribution is 5.70. The number of terminal acetylenes is 1. The van der Waals surface area contributed by atoms with E-state index in [9.17, 15) is 10.2 Å². The molecule has 116 valence electrons. The van der Waals surface area contributed by atoms with Gasteiger partial charge in [-0.3, -0.25) is 4.57 Å². The van der Waals surface area contributed by atoms with Crippen LogP contribution < -0.4 is 5.73 Å². The van der Waals surface area contributed by atoms with Crippen LogP contribution in [0.1, 0.15) is 6.23 Å². The van der Waals surface area contributed by atoms with Gasteiger partial charge in [0.05, 0.1) is 37.8 Å². The summed E-state index contributed by atoms with van der Waals surface area (Å²) in [5.74, 6) is 0.967. The Hall–Kier alpha value is -2.28. The van der Waals surface area contributed by atoms with Crippen molar-refractivity contribution < 1.29 is 19.3 Å². The molecule has 22 heavy (non-hydrogen) atoms. The van der Waals surface area contributed by atoms with Crippen molar-refractivity contribution in [1.29, 1.82) is 0 Å². The summed E-state index contributed by atoms with van der Waals surface area (Å²) in [6, 6.07) is 0. The van der Waals surface area contributed by atoms with Gasteiger partial charge in [0.2, 0.25) is 11.6 Å². The Bertz CT molecular complexity index is 745. The van der Waals surface area contributed by atoms with Crippen molar-refractivity contribution >= 4 is 17.1 Å². The maximum Gasteiger partial charge on any atom is 0.222 e. The fourth-order valence-corrected chi connectivity index (χ4v) is 2.69. The molecule has 0 aromatic carbocycles. The highest BCUT2D eigenvalue weighted by Gasteiger charge is 2.57. The van der Waals surface area contributed by atoms with Gasteiger partial charge in [-0.2, -0.15) is 4.98 Å². The van der Waals surface area contributed by atoms with E-state index in [1.54, 1.807) is 0 Å². The lowest BCUT2D eigenvalue weighted by Crippen LogP contribution is -2.39. The first-order valence-corrected chi connectivity index (χ1v) is 6.54. The molecule has 2 unspecified atom stereocenters. The Balaban J connectivity index is 2.13. The predicted octanol–water partition coefficient (Wildman–Crippen LogP) is -0.752. The Morgan fingerprint density at radius 2 is 2.23 bits per heavy atom. The number of nitrogen functional groups attached to an aromatic ring is 1. The van der Waals surface area contributed by atoms with Crippen LogP contribution in [0.5, 0.6) is 0 Å². The van der Waals surface area contributed by atoms with Gasteiger partial charge in [-0.25, -0.2) is 14.4 Å². The number of imidazole rings is 1. The van der Waals surface area contributed by atoms with Crippen LogP contribution >= 0.6 is 0 Å². The van der Waals surface area contributed by atoms with Crippen LogP contribution in [0.3, 0.4) is 0 Å². The minimum absolute atomic E-state index is 0.00479. The lowest BCUT2D eigenvalue weighted by Gasteiger charge is -2.25. The van der Waals surface area contributed by atoms with Crippen LogP contribution in [0.15, 0.2) is 12.5 Å². The molecule has 2 aromatic rings. The molecule has 0 spiro atoms. The fraction of sp³-hybridized carbons (Fsp3) is 0.462. The Morgan fingerprint density at radius 1 is 1.45 bits per heavy atom. The maximum atomic E-state index is 15.2. The molecule has 1 aliphatic heterocycles. The number of nitrogens with zero attached hydrogens (tertiary/aromatic N) is 4. The highest BCUT2D eigenvalue weighted by atomic mass is 19.1. The van der Waals surface area contributed by atoms with E-state index in [1.165, 1.54) is 17.1 Å². The number of aliphatic hydroxyl groups excluding tert-OH is 2. The number of nitrogens with two attached hydrogens (primary N) is 1. The number of halogens is 1. The first kappa shape index (κ1) is 14.6. The standard InChI is InChI=1S/C13H14FN5O3/c1-2-13(14)7(4-20)9(5-21)22-11(13)19-6-17-8-3-16-12(15)18-10(8)19/h1,3,6-7,9,11,20-21H,4-5H2,(H2,15,16,18)/t7?,9-,11-,13?/m1/s1. The van der Waals surface area contributed by atoms with Crippen molar-refractivity contribution in [2.24, 2.45) is 5.92 Å². The zero-order valence-corrected chi connectivity index (χ0v) is 11.4. The summed E-state index contributed by atoms with van der Waals surface area (Å²) in [7, 11) is 0. The average molecular weight is 307 g/mol. The molecule has 0 radical (unpaired) electrons. The lowest BCUT2D eigenvalue weighted by molar-refractivity contribution is -0.0485. The molecule has 1 aliphatic rings. The molecule has 2 aromatic heterocycles. The molecule has 3 rings (SSSR count). The summed E-state index contributed by atoms with van der Waals surface area (Å²) in [5, 5.41) is 18.7. The van der Waals surface area contributed by atoms with Crippen LogP contribution in [0.25, 0.3) is 11.2 Å². The number of ether oxygens (including phenoxy) is 1. The number of alkyl halides is 1. The molecule has 9 heteroatoms. The molecule has 0 aliphatic carbocycles. The van der Waals surface area contributed by atoms with Gasteiger partial charge < -0.3 is 20.7 Å². The monoisotopic (exact) mass is 307 g/mol. The first-order valence-electron chi connectivity index (χ1n) is 6.54.